The Morgan fingerprint density at radius 3 is 2.22 bits per heavy atom. The van der Waals surface area contributed by atoms with E-state index in [2.05, 4.69) is 125 Å². The molecule has 6 aromatic carbocycles. The van der Waals surface area contributed by atoms with Gasteiger partial charge in [0.2, 0.25) is 0 Å². The first-order valence-electron chi connectivity index (χ1n) is 24.1. The molecule has 0 radical (unpaired) electrons. The Morgan fingerprint density at radius 2 is 1.42 bits per heavy atom. The van der Waals surface area contributed by atoms with E-state index in [0.29, 0.717) is 22.6 Å². The quantitative estimate of drug-likeness (QED) is 0.117. The zero-order valence-corrected chi connectivity index (χ0v) is 37.6. The molecule has 5 heterocycles. The number of pyridine rings is 1. The van der Waals surface area contributed by atoms with E-state index < -0.39 is 13.7 Å². The zero-order chi connectivity index (χ0) is 47.8. The summed E-state index contributed by atoms with van der Waals surface area (Å²) in [6.07, 6.45) is 7.93. The van der Waals surface area contributed by atoms with Crippen molar-refractivity contribution in [3.63, 3.8) is 0 Å². The second kappa shape index (κ2) is 16.4. The molecule has 11 rings (SSSR count). The van der Waals surface area contributed by atoms with E-state index in [4.69, 9.17) is 17.9 Å². The molecule has 3 aliphatic heterocycles. The van der Waals surface area contributed by atoms with Gasteiger partial charge >= 0.3 is 6.85 Å². The van der Waals surface area contributed by atoms with E-state index in [9.17, 15) is 0 Å². The van der Waals surface area contributed by atoms with E-state index >= 15 is 0 Å². The van der Waals surface area contributed by atoms with E-state index in [1.165, 1.54) is 11.6 Å². The van der Waals surface area contributed by atoms with Gasteiger partial charge in [-0.05, 0) is 77.1 Å². The van der Waals surface area contributed by atoms with E-state index in [-0.39, 0.29) is 44.5 Å². The van der Waals surface area contributed by atoms with E-state index in [1.54, 1.807) is 12.1 Å². The smallest absolute Gasteiger partial charge is 0.314 e. The molecule has 0 aliphatic carbocycles. The molecule has 3 aliphatic rings. The Kier molecular flexibility index (Phi) is 8.87. The fourth-order valence-electron chi connectivity index (χ4n) is 8.81. The van der Waals surface area contributed by atoms with Crippen LogP contribution in [0, 0.1) is 32.5 Å². The third-order valence-corrected chi connectivity index (χ3v) is 11.9. The van der Waals surface area contributed by atoms with Crippen LogP contribution in [0.2, 0.25) is 0 Å². The van der Waals surface area contributed by atoms with Crippen molar-refractivity contribution < 1.29 is 34.0 Å². The van der Waals surface area contributed by atoms with Crippen LogP contribution in [0.4, 0.5) is 17.1 Å². The van der Waals surface area contributed by atoms with Crippen molar-refractivity contribution in [2.75, 3.05) is 9.80 Å². The van der Waals surface area contributed by atoms with Crippen molar-refractivity contribution in [3.8, 4) is 17.3 Å². The molecule has 0 unspecified atom stereocenters. The molecule has 0 saturated heterocycles. The molecule has 0 saturated carbocycles. The molecule has 2 aromatic heterocycles. The number of rotatable bonds is 7. The van der Waals surface area contributed by atoms with Crippen LogP contribution in [0.5, 0.6) is 11.5 Å². The van der Waals surface area contributed by atoms with Crippen molar-refractivity contribution in [2.45, 2.75) is 39.9 Å². The largest absolute Gasteiger partial charge is 0.509 e. The van der Waals surface area contributed by atoms with Gasteiger partial charge in [-0.25, -0.2) is 4.98 Å². The number of anilines is 3. The molecule has 64 heavy (non-hydrogen) atoms. The number of para-hydroxylation sites is 3. The molecule has 0 amide bonds. The fraction of sp³-hybridized carbons (Fsp3) is 0.107. The van der Waals surface area contributed by atoms with Crippen LogP contribution < -0.4 is 14.5 Å². The number of allylic oxidation sites excluding steroid dienone is 4. The topological polar surface area (TPSA) is 36.8 Å². The van der Waals surface area contributed by atoms with Gasteiger partial charge in [-0.15, -0.1) is 48.1 Å². The van der Waals surface area contributed by atoms with E-state index in [1.807, 2.05) is 91.2 Å². The third-order valence-electron chi connectivity index (χ3n) is 11.9. The van der Waals surface area contributed by atoms with Crippen LogP contribution in [0.25, 0.3) is 38.8 Å². The van der Waals surface area contributed by atoms with Crippen LogP contribution in [-0.2, 0) is 26.5 Å². The van der Waals surface area contributed by atoms with Crippen molar-refractivity contribution in [1.29, 1.82) is 0 Å². The minimum absolute atomic E-state index is 0. The third kappa shape index (κ3) is 7.38. The van der Waals surface area contributed by atoms with Crippen LogP contribution in [0.1, 0.15) is 56.8 Å². The van der Waals surface area contributed by atoms with Crippen molar-refractivity contribution >= 4 is 56.9 Å². The van der Waals surface area contributed by atoms with Gasteiger partial charge in [0.25, 0.3) is 0 Å². The number of hydrogen-bond donors (Lipinski definition) is 0. The first kappa shape index (κ1) is 34.6. The van der Waals surface area contributed by atoms with Gasteiger partial charge < -0.3 is 23.9 Å². The molecule has 8 heteroatoms. The van der Waals surface area contributed by atoms with Gasteiger partial charge in [-0.1, -0.05) is 140 Å². The Hall–Kier alpha value is -6.82. The number of fused-ring (bicyclic) bond motifs is 5. The number of nitrogens with zero attached hydrogens (tertiary/aromatic N) is 5. The summed E-state index contributed by atoms with van der Waals surface area (Å²) in [5.74, 6) is 6.88. The standard InChI is InChI=1S/C56H45BN5O.Pt/c1-38-30-39(2)32-42(31-38)41-24-27-57-28-25-47(40-14-7-6-8-15-40)55(61(57)36-41)60-37-59(51-20-11-12-21-52(51)60)44-16-13-17-45(34-44)63-46-22-23-49-48-18-9-10-19-50(48)62(53(49)35-46)54-33-43(26-29-58-54)56(3,4)5;/h6-33,36-37H,1-5H3;/q-3;/i1D3,2D3;. The summed E-state index contributed by atoms with van der Waals surface area (Å²) in [6.45, 7) is 3.45. The predicted octanol–water partition coefficient (Wildman–Crippen LogP) is 13.5. The van der Waals surface area contributed by atoms with Gasteiger partial charge in [-0.3, -0.25) is 0 Å². The number of ether oxygens (including phenoxy) is 1. The number of aryl methyl sites for hydroxylation is 2. The maximum atomic E-state index is 8.19. The fourth-order valence-corrected chi connectivity index (χ4v) is 8.81. The summed E-state index contributed by atoms with van der Waals surface area (Å²) in [5, 5.41) is 2.14. The first-order chi connectivity index (χ1) is 33.1. The van der Waals surface area contributed by atoms with Crippen LogP contribution in [0.3, 0.4) is 0 Å². The Bertz CT molecular complexity index is 3430. The second-order valence-corrected chi connectivity index (χ2v) is 17.0. The second-order valence-electron chi connectivity index (χ2n) is 17.0. The molecule has 0 spiro atoms. The SMILES string of the molecule is [2H]C([2H])([2H])c1cc(C2=CN3B(C=C2)C=CC(c2ccccc2)=C3N2[CH-]N(c3[c-]c(Oc4[c-]c5c(cc4)c4ccccc4n5-c4cc(C(C)(C)C)ccn4)ccc3)c3ccccc32)cc(C([2H])([2H])[2H])c1.[Pt]. The summed E-state index contributed by atoms with van der Waals surface area (Å²) in [4.78, 5) is 11.3. The molecule has 0 N–H and O–H groups in total. The molecule has 0 bridgehead atoms. The first-order valence-corrected chi connectivity index (χ1v) is 21.1. The van der Waals surface area contributed by atoms with Gasteiger partial charge in [-0.2, -0.15) is 12.1 Å². The van der Waals surface area contributed by atoms with Crippen molar-refractivity contribution in [1.82, 2.24) is 14.4 Å². The summed E-state index contributed by atoms with van der Waals surface area (Å²) in [6, 6.07) is 52.3. The van der Waals surface area contributed by atoms with Crippen molar-refractivity contribution in [3.05, 3.63) is 228 Å². The van der Waals surface area contributed by atoms with Crippen LogP contribution in [0.15, 0.2) is 182 Å². The van der Waals surface area contributed by atoms with Gasteiger partial charge in [0.15, 0.2) is 0 Å². The molecule has 316 valence electrons. The number of aromatic nitrogens is 2. The molecular weight excluding hydrogens is 965 g/mol. The van der Waals surface area contributed by atoms with Crippen molar-refractivity contribution in [2.24, 2.45) is 0 Å². The molecule has 0 atom stereocenters. The summed E-state index contributed by atoms with van der Waals surface area (Å²) in [7, 11) is 0. The summed E-state index contributed by atoms with van der Waals surface area (Å²) >= 11 is 0. The minimum Gasteiger partial charge on any atom is -0.509 e. The zero-order valence-electron chi connectivity index (χ0n) is 41.4. The maximum Gasteiger partial charge on any atom is 0.314 e. The Morgan fingerprint density at radius 1 is 0.688 bits per heavy atom. The van der Waals surface area contributed by atoms with E-state index in [0.717, 1.165) is 61.6 Å². The summed E-state index contributed by atoms with van der Waals surface area (Å²) in [5.41, 5.74) is 8.68. The van der Waals surface area contributed by atoms with Gasteiger partial charge in [0, 0.05) is 75.7 Å². The molecule has 6 nitrogen and oxygen atoms in total. The maximum absolute atomic E-state index is 8.19. The van der Waals surface area contributed by atoms with Gasteiger partial charge in [0.05, 0.1) is 5.82 Å². The minimum atomic E-state index is -2.50. The number of hydrogen-bond acceptors (Lipinski definition) is 5. The molecular formula is C56H45BN5OPt-3. The molecule has 8 aromatic rings. The average Bonchev–Trinajstić information content (AvgIpc) is 3.89. The average molecular weight is 1020 g/mol. The normalized spacial score (nSPS) is 16.3. The summed E-state index contributed by atoms with van der Waals surface area (Å²) < 4.78 is 57.9. The Balaban J connectivity index is 0.00000567. The Labute approximate surface area is 398 Å². The number of benzene rings is 6. The monoisotopic (exact) mass is 1020 g/mol. The molecule has 0 fully saturated rings. The van der Waals surface area contributed by atoms with Gasteiger partial charge in [0.1, 0.15) is 5.82 Å². The predicted molar refractivity (Wildman–Crippen MR) is 260 cm³/mol. The van der Waals surface area contributed by atoms with Crippen LogP contribution in [-0.4, -0.2) is 21.2 Å². The van der Waals surface area contributed by atoms with Crippen LogP contribution >= 0.6 is 0 Å².